The summed E-state index contributed by atoms with van der Waals surface area (Å²) >= 11 is 12.4. The molecule has 0 bridgehead atoms. The number of fused-ring (bicyclic) bond motifs is 1. The van der Waals surface area contributed by atoms with Crippen LogP contribution >= 0.6 is 23.2 Å². The smallest absolute Gasteiger partial charge is 0.221 e. The van der Waals surface area contributed by atoms with Crippen LogP contribution in [0.2, 0.25) is 10.0 Å². The molecule has 0 saturated heterocycles. The number of amides is 1. The highest BCUT2D eigenvalue weighted by Crippen LogP contribution is 2.36. The van der Waals surface area contributed by atoms with Crippen LogP contribution in [0.15, 0.2) is 48.7 Å². The lowest BCUT2D eigenvalue weighted by Crippen LogP contribution is -2.36. The average molecular weight is 403 g/mol. The Morgan fingerprint density at radius 2 is 1.81 bits per heavy atom. The van der Waals surface area contributed by atoms with E-state index in [9.17, 15) is 4.79 Å². The van der Waals surface area contributed by atoms with E-state index in [1.54, 1.807) is 6.07 Å². The number of carbonyl (C=O) groups excluding carboxylic acids is 1. The maximum absolute atomic E-state index is 12.7. The molecule has 0 radical (unpaired) electrons. The zero-order valence-electron chi connectivity index (χ0n) is 15.7. The van der Waals surface area contributed by atoms with E-state index >= 15 is 0 Å². The molecule has 1 aromatic heterocycles. The fraction of sp³-hybridized carbons (Fsp3) is 0.318. The van der Waals surface area contributed by atoms with Crippen LogP contribution < -0.4 is 5.32 Å². The zero-order chi connectivity index (χ0) is 19.6. The minimum absolute atomic E-state index is 0.0255. The van der Waals surface area contributed by atoms with Gasteiger partial charge in [-0.05, 0) is 42.2 Å². The van der Waals surface area contributed by atoms with E-state index in [1.165, 1.54) is 0 Å². The molecule has 0 aliphatic rings. The molecule has 3 rings (SSSR count). The third kappa shape index (κ3) is 4.48. The molecule has 0 spiro atoms. The van der Waals surface area contributed by atoms with Gasteiger partial charge in [-0.3, -0.25) is 4.79 Å². The first-order chi connectivity index (χ1) is 12.9. The minimum atomic E-state index is -0.115. The second-order valence-electron chi connectivity index (χ2n) is 7.32. The maximum atomic E-state index is 12.7. The summed E-state index contributed by atoms with van der Waals surface area (Å²) in [6.45, 7) is 6.23. The van der Waals surface area contributed by atoms with Crippen molar-refractivity contribution in [2.45, 2.75) is 39.2 Å². The quantitative estimate of drug-likeness (QED) is 0.509. The van der Waals surface area contributed by atoms with Gasteiger partial charge in [0, 0.05) is 35.5 Å². The van der Waals surface area contributed by atoms with Gasteiger partial charge in [0.05, 0.1) is 10.0 Å². The molecule has 2 atom stereocenters. The van der Waals surface area contributed by atoms with E-state index in [0.29, 0.717) is 22.4 Å². The Labute approximate surface area is 170 Å². The highest BCUT2D eigenvalue weighted by Gasteiger charge is 2.23. The topological polar surface area (TPSA) is 44.9 Å². The Hall–Kier alpha value is -1.97. The van der Waals surface area contributed by atoms with Crippen LogP contribution in [0.4, 0.5) is 0 Å². The van der Waals surface area contributed by atoms with Gasteiger partial charge >= 0.3 is 0 Å². The Morgan fingerprint density at radius 3 is 2.52 bits per heavy atom. The van der Waals surface area contributed by atoms with Gasteiger partial charge in [-0.1, -0.05) is 61.3 Å². The van der Waals surface area contributed by atoms with Crippen molar-refractivity contribution in [3.05, 3.63) is 69.8 Å². The predicted molar refractivity (Wildman–Crippen MR) is 114 cm³/mol. The number of benzene rings is 2. The van der Waals surface area contributed by atoms with Crippen molar-refractivity contribution in [3.8, 4) is 0 Å². The summed E-state index contributed by atoms with van der Waals surface area (Å²) in [6.07, 6.45) is 2.33. The summed E-state index contributed by atoms with van der Waals surface area (Å²) in [5, 5.41) is 5.22. The Morgan fingerprint density at radius 1 is 1.07 bits per heavy atom. The summed E-state index contributed by atoms with van der Waals surface area (Å²) in [6, 6.07) is 13.8. The first kappa shape index (κ1) is 19.8. The van der Waals surface area contributed by atoms with Gasteiger partial charge in [-0.15, -0.1) is 0 Å². The van der Waals surface area contributed by atoms with Crippen molar-refractivity contribution in [2.75, 3.05) is 0 Å². The Balaban J connectivity index is 1.98. The van der Waals surface area contributed by atoms with Gasteiger partial charge < -0.3 is 10.3 Å². The maximum Gasteiger partial charge on any atom is 0.221 e. The molecule has 2 N–H and O–H groups in total. The number of hydrogen-bond donors (Lipinski definition) is 2. The van der Waals surface area contributed by atoms with Crippen molar-refractivity contribution in [1.29, 1.82) is 0 Å². The number of para-hydroxylation sites is 1. The van der Waals surface area contributed by atoms with Crippen LogP contribution in [0.1, 0.15) is 44.2 Å². The molecule has 2 aromatic carbocycles. The Bertz CT molecular complexity index is 948. The number of aromatic amines is 1. The molecule has 1 heterocycles. The van der Waals surface area contributed by atoms with E-state index in [2.05, 4.69) is 30.2 Å². The normalized spacial score (nSPS) is 13.7. The first-order valence-electron chi connectivity index (χ1n) is 9.17. The fourth-order valence-corrected chi connectivity index (χ4v) is 3.49. The van der Waals surface area contributed by atoms with Gasteiger partial charge in [0.25, 0.3) is 0 Å². The van der Waals surface area contributed by atoms with E-state index in [4.69, 9.17) is 23.2 Å². The lowest BCUT2D eigenvalue weighted by atomic mass is 9.88. The van der Waals surface area contributed by atoms with Crippen LogP contribution in [-0.4, -0.2) is 16.9 Å². The summed E-state index contributed by atoms with van der Waals surface area (Å²) in [7, 11) is 0. The molecule has 0 fully saturated rings. The molecule has 142 valence electrons. The van der Waals surface area contributed by atoms with Gasteiger partial charge in [0.2, 0.25) is 5.91 Å². The first-order valence-corrected chi connectivity index (χ1v) is 9.92. The van der Waals surface area contributed by atoms with Crippen molar-refractivity contribution in [1.82, 2.24) is 10.3 Å². The third-order valence-corrected chi connectivity index (χ3v) is 5.86. The number of carbonyl (C=O) groups is 1. The largest absolute Gasteiger partial charge is 0.361 e. The van der Waals surface area contributed by atoms with Crippen LogP contribution in [0.25, 0.3) is 10.9 Å². The highest BCUT2D eigenvalue weighted by molar-refractivity contribution is 6.42. The molecule has 3 nitrogen and oxygen atoms in total. The van der Waals surface area contributed by atoms with Crippen molar-refractivity contribution >= 4 is 40.0 Å². The molecule has 2 unspecified atom stereocenters. The number of rotatable bonds is 6. The van der Waals surface area contributed by atoms with Crippen molar-refractivity contribution in [3.63, 3.8) is 0 Å². The minimum Gasteiger partial charge on any atom is -0.361 e. The number of halogens is 2. The lowest BCUT2D eigenvalue weighted by molar-refractivity contribution is -0.122. The molecule has 0 aliphatic heterocycles. The summed E-state index contributed by atoms with van der Waals surface area (Å²) in [5.74, 6) is 0.290. The lowest BCUT2D eigenvalue weighted by Gasteiger charge is -2.21. The highest BCUT2D eigenvalue weighted by atomic mass is 35.5. The van der Waals surface area contributed by atoms with E-state index < -0.39 is 0 Å². The molecular formula is C22H24Cl2N2O. The van der Waals surface area contributed by atoms with E-state index in [0.717, 1.165) is 22.0 Å². The number of aromatic nitrogens is 1. The molecule has 0 saturated carbocycles. The number of hydrogen-bond acceptors (Lipinski definition) is 1. The summed E-state index contributed by atoms with van der Waals surface area (Å²) < 4.78 is 0. The van der Waals surface area contributed by atoms with Crippen molar-refractivity contribution in [2.24, 2.45) is 5.92 Å². The van der Waals surface area contributed by atoms with Gasteiger partial charge in [-0.2, -0.15) is 0 Å². The SMILES string of the molecule is CC(C)C(C)NC(=O)CC(c1ccc(Cl)c(Cl)c1)c1c[nH]c2ccccc12. The van der Waals surface area contributed by atoms with Gasteiger partial charge in [0.1, 0.15) is 0 Å². The van der Waals surface area contributed by atoms with Gasteiger partial charge in [-0.25, -0.2) is 0 Å². The summed E-state index contributed by atoms with van der Waals surface area (Å²) in [4.78, 5) is 16.1. The predicted octanol–water partition coefficient (Wildman–Crippen LogP) is 6.16. The Kier molecular flexibility index (Phi) is 6.13. The third-order valence-electron chi connectivity index (χ3n) is 5.12. The molecule has 5 heteroatoms. The number of nitrogens with one attached hydrogen (secondary N) is 2. The fourth-order valence-electron chi connectivity index (χ4n) is 3.18. The monoisotopic (exact) mass is 402 g/mol. The summed E-state index contributed by atoms with van der Waals surface area (Å²) in [5.41, 5.74) is 3.10. The van der Waals surface area contributed by atoms with Crippen LogP contribution in [-0.2, 0) is 4.79 Å². The molecular weight excluding hydrogens is 379 g/mol. The van der Waals surface area contributed by atoms with Crippen molar-refractivity contribution < 1.29 is 4.79 Å². The molecule has 27 heavy (non-hydrogen) atoms. The number of H-pyrrole nitrogens is 1. The molecule has 0 aliphatic carbocycles. The average Bonchev–Trinajstić information content (AvgIpc) is 3.06. The second kappa shape index (κ2) is 8.37. The van der Waals surface area contributed by atoms with Crippen LogP contribution in [0, 0.1) is 5.92 Å². The van der Waals surface area contributed by atoms with Crippen LogP contribution in [0.5, 0.6) is 0 Å². The second-order valence-corrected chi connectivity index (χ2v) is 8.13. The standard InChI is InChI=1S/C22H24Cl2N2O/c1-13(2)14(3)26-22(27)11-17(15-8-9-19(23)20(24)10-15)18-12-25-21-7-5-4-6-16(18)21/h4-10,12-14,17,25H,11H2,1-3H3,(H,26,27). The molecule has 1 amide bonds. The van der Waals surface area contributed by atoms with Crippen LogP contribution in [0.3, 0.4) is 0 Å². The van der Waals surface area contributed by atoms with E-state index in [-0.39, 0.29) is 17.9 Å². The zero-order valence-corrected chi connectivity index (χ0v) is 17.2. The molecule has 3 aromatic rings. The van der Waals surface area contributed by atoms with Gasteiger partial charge in [0.15, 0.2) is 0 Å². The van der Waals surface area contributed by atoms with E-state index in [1.807, 2.05) is 43.5 Å².